The second kappa shape index (κ2) is 5.01. The fourth-order valence-electron chi connectivity index (χ4n) is 1.16. The molecule has 0 atom stereocenters. The standard InChI is InChI=1S/C9H9N5O3/c15-9(16)6-3-10-4-7(14-6)11-2-1-8-12-5-13-17-8/h3-5H,1-2H2,(H,11,14)(H,15,16). The minimum absolute atomic E-state index is 0.104. The van der Waals surface area contributed by atoms with Crippen LogP contribution in [0.15, 0.2) is 23.2 Å². The molecule has 0 aromatic carbocycles. The summed E-state index contributed by atoms with van der Waals surface area (Å²) >= 11 is 0. The fraction of sp³-hybridized carbons (Fsp3) is 0.222. The maximum absolute atomic E-state index is 10.7. The zero-order chi connectivity index (χ0) is 12.1. The van der Waals surface area contributed by atoms with E-state index in [2.05, 4.69) is 25.4 Å². The number of carboxylic acids is 1. The summed E-state index contributed by atoms with van der Waals surface area (Å²) in [6, 6.07) is 0. The first-order valence-electron chi connectivity index (χ1n) is 4.80. The second-order valence-corrected chi connectivity index (χ2v) is 3.11. The highest BCUT2D eigenvalue weighted by atomic mass is 16.5. The molecular formula is C9H9N5O3. The zero-order valence-corrected chi connectivity index (χ0v) is 8.70. The molecule has 0 aliphatic carbocycles. The van der Waals surface area contributed by atoms with E-state index in [4.69, 9.17) is 9.63 Å². The molecule has 0 amide bonds. The number of hydrogen-bond acceptors (Lipinski definition) is 7. The van der Waals surface area contributed by atoms with Crippen molar-refractivity contribution in [1.29, 1.82) is 0 Å². The van der Waals surface area contributed by atoms with Crippen LogP contribution in [0.3, 0.4) is 0 Å². The van der Waals surface area contributed by atoms with E-state index >= 15 is 0 Å². The lowest BCUT2D eigenvalue weighted by Gasteiger charge is -2.03. The Balaban J connectivity index is 1.90. The third-order valence-corrected chi connectivity index (χ3v) is 1.91. The normalized spacial score (nSPS) is 10.1. The third kappa shape index (κ3) is 2.97. The van der Waals surface area contributed by atoms with Crippen molar-refractivity contribution in [2.45, 2.75) is 6.42 Å². The Hall–Kier alpha value is -2.51. The Labute approximate surface area is 95.7 Å². The second-order valence-electron chi connectivity index (χ2n) is 3.11. The Morgan fingerprint density at radius 2 is 2.35 bits per heavy atom. The van der Waals surface area contributed by atoms with Gasteiger partial charge >= 0.3 is 5.97 Å². The van der Waals surface area contributed by atoms with Gasteiger partial charge in [-0.05, 0) is 0 Å². The molecule has 2 aromatic rings. The highest BCUT2D eigenvalue weighted by Crippen LogP contribution is 2.02. The van der Waals surface area contributed by atoms with Crippen LogP contribution in [-0.4, -0.2) is 37.7 Å². The number of aromatic carboxylic acids is 1. The van der Waals surface area contributed by atoms with Gasteiger partial charge in [0, 0.05) is 13.0 Å². The van der Waals surface area contributed by atoms with Crippen molar-refractivity contribution in [3.05, 3.63) is 30.3 Å². The minimum atomic E-state index is -1.11. The van der Waals surface area contributed by atoms with Crippen molar-refractivity contribution in [1.82, 2.24) is 20.1 Å². The molecule has 0 saturated carbocycles. The number of carboxylic acid groups (broad SMARTS) is 1. The maximum atomic E-state index is 10.7. The van der Waals surface area contributed by atoms with Crippen LogP contribution in [0.5, 0.6) is 0 Å². The van der Waals surface area contributed by atoms with E-state index in [1.54, 1.807) is 0 Å². The predicted molar refractivity (Wildman–Crippen MR) is 55.5 cm³/mol. The summed E-state index contributed by atoms with van der Waals surface area (Å²) in [5.74, 6) is -0.220. The SMILES string of the molecule is O=C(O)c1cncc(NCCc2ncno2)n1. The average Bonchev–Trinajstić information content (AvgIpc) is 2.82. The van der Waals surface area contributed by atoms with E-state index < -0.39 is 5.97 Å². The molecule has 2 N–H and O–H groups in total. The molecular weight excluding hydrogens is 226 g/mol. The van der Waals surface area contributed by atoms with E-state index in [0.29, 0.717) is 24.7 Å². The molecule has 0 fully saturated rings. The van der Waals surface area contributed by atoms with Crippen LogP contribution in [0.4, 0.5) is 5.82 Å². The number of carbonyl (C=O) groups is 1. The quantitative estimate of drug-likeness (QED) is 0.755. The number of anilines is 1. The monoisotopic (exact) mass is 235 g/mol. The van der Waals surface area contributed by atoms with Crippen LogP contribution in [0.1, 0.15) is 16.4 Å². The summed E-state index contributed by atoms with van der Waals surface area (Å²) in [4.78, 5) is 22.1. The predicted octanol–water partition coefficient (Wildman–Crippen LogP) is 0.212. The van der Waals surface area contributed by atoms with Gasteiger partial charge in [0.15, 0.2) is 12.0 Å². The molecule has 0 spiro atoms. The van der Waals surface area contributed by atoms with Gasteiger partial charge in [-0.3, -0.25) is 4.98 Å². The molecule has 8 heteroatoms. The highest BCUT2D eigenvalue weighted by Gasteiger charge is 2.06. The number of aromatic nitrogens is 4. The van der Waals surface area contributed by atoms with Crippen LogP contribution < -0.4 is 5.32 Å². The summed E-state index contributed by atoms with van der Waals surface area (Å²) in [5.41, 5.74) is -0.104. The van der Waals surface area contributed by atoms with Gasteiger partial charge < -0.3 is 14.9 Å². The first kappa shape index (κ1) is 11.0. The first-order valence-corrected chi connectivity index (χ1v) is 4.80. The Morgan fingerprint density at radius 1 is 1.47 bits per heavy atom. The van der Waals surface area contributed by atoms with E-state index in [0.717, 1.165) is 0 Å². The molecule has 88 valence electrons. The summed E-state index contributed by atoms with van der Waals surface area (Å²) in [6.07, 6.45) is 4.48. The summed E-state index contributed by atoms with van der Waals surface area (Å²) in [5, 5.41) is 15.1. The molecule has 2 rings (SSSR count). The van der Waals surface area contributed by atoms with Gasteiger partial charge in [-0.25, -0.2) is 9.78 Å². The van der Waals surface area contributed by atoms with Crippen molar-refractivity contribution < 1.29 is 14.4 Å². The summed E-state index contributed by atoms with van der Waals surface area (Å²) in [7, 11) is 0. The van der Waals surface area contributed by atoms with E-state index in [1.165, 1.54) is 18.7 Å². The Morgan fingerprint density at radius 3 is 3.06 bits per heavy atom. The van der Waals surface area contributed by atoms with Gasteiger partial charge in [0.05, 0.1) is 12.4 Å². The van der Waals surface area contributed by atoms with Crippen molar-refractivity contribution in [3.63, 3.8) is 0 Å². The third-order valence-electron chi connectivity index (χ3n) is 1.91. The lowest BCUT2D eigenvalue weighted by atomic mass is 10.4. The van der Waals surface area contributed by atoms with Crippen LogP contribution in [0.25, 0.3) is 0 Å². The van der Waals surface area contributed by atoms with Crippen molar-refractivity contribution in [2.75, 3.05) is 11.9 Å². The molecule has 8 nitrogen and oxygen atoms in total. The Kier molecular flexibility index (Phi) is 3.24. The van der Waals surface area contributed by atoms with Crippen molar-refractivity contribution >= 4 is 11.8 Å². The van der Waals surface area contributed by atoms with Gasteiger partial charge in [-0.15, -0.1) is 0 Å². The number of hydrogen-bond donors (Lipinski definition) is 2. The van der Waals surface area contributed by atoms with Crippen LogP contribution in [0, 0.1) is 0 Å². The fourth-order valence-corrected chi connectivity index (χ4v) is 1.16. The topological polar surface area (TPSA) is 114 Å². The molecule has 0 radical (unpaired) electrons. The molecule has 17 heavy (non-hydrogen) atoms. The van der Waals surface area contributed by atoms with Crippen LogP contribution >= 0.6 is 0 Å². The summed E-state index contributed by atoms with van der Waals surface area (Å²) in [6.45, 7) is 0.500. The minimum Gasteiger partial charge on any atom is -0.476 e. The number of nitrogens with one attached hydrogen (secondary N) is 1. The van der Waals surface area contributed by atoms with Crippen LogP contribution in [-0.2, 0) is 6.42 Å². The summed E-state index contributed by atoms with van der Waals surface area (Å²) < 4.78 is 4.80. The van der Waals surface area contributed by atoms with E-state index in [-0.39, 0.29) is 5.69 Å². The van der Waals surface area contributed by atoms with Gasteiger partial charge in [-0.1, -0.05) is 5.16 Å². The van der Waals surface area contributed by atoms with Gasteiger partial charge in [-0.2, -0.15) is 4.98 Å². The van der Waals surface area contributed by atoms with Crippen molar-refractivity contribution in [2.24, 2.45) is 0 Å². The van der Waals surface area contributed by atoms with Crippen molar-refractivity contribution in [3.8, 4) is 0 Å². The molecule has 2 aromatic heterocycles. The average molecular weight is 235 g/mol. The smallest absolute Gasteiger partial charge is 0.356 e. The Bertz CT molecular complexity index is 499. The van der Waals surface area contributed by atoms with E-state index in [9.17, 15) is 4.79 Å². The zero-order valence-electron chi connectivity index (χ0n) is 8.70. The van der Waals surface area contributed by atoms with E-state index in [1.807, 2.05) is 0 Å². The highest BCUT2D eigenvalue weighted by molar-refractivity contribution is 5.85. The van der Waals surface area contributed by atoms with Gasteiger partial charge in [0.25, 0.3) is 0 Å². The molecule has 0 aliphatic heterocycles. The first-order chi connectivity index (χ1) is 8.25. The molecule has 0 unspecified atom stereocenters. The maximum Gasteiger partial charge on any atom is 0.356 e. The van der Waals surface area contributed by atoms with Gasteiger partial charge in [0.1, 0.15) is 5.82 Å². The molecule has 0 aliphatic rings. The lowest BCUT2D eigenvalue weighted by Crippen LogP contribution is -2.09. The molecule has 0 saturated heterocycles. The largest absolute Gasteiger partial charge is 0.476 e. The number of rotatable bonds is 5. The van der Waals surface area contributed by atoms with Gasteiger partial charge in [0.2, 0.25) is 5.89 Å². The number of nitrogens with zero attached hydrogens (tertiary/aromatic N) is 4. The molecule has 2 heterocycles. The van der Waals surface area contributed by atoms with Crippen LogP contribution in [0.2, 0.25) is 0 Å². The molecule has 0 bridgehead atoms. The lowest BCUT2D eigenvalue weighted by molar-refractivity contribution is 0.0690.